The number of ether oxygens (including phenoxy) is 1. The molecule has 0 aromatic heterocycles. The standard InChI is InChI=1S/C7H11F3O3/c8-7(9,10)3-5-13-4-1-2-6(11)12/h1-5H2,(H,11,12). The number of carboxylic acid groups (broad SMARTS) is 1. The average Bonchev–Trinajstić information content (AvgIpc) is 1.93. The van der Waals surface area contributed by atoms with Gasteiger partial charge in [-0.15, -0.1) is 0 Å². The third-order valence-electron chi connectivity index (χ3n) is 1.21. The van der Waals surface area contributed by atoms with Gasteiger partial charge in [-0.3, -0.25) is 4.79 Å². The van der Waals surface area contributed by atoms with Gasteiger partial charge in [0.05, 0.1) is 13.0 Å². The summed E-state index contributed by atoms with van der Waals surface area (Å²) in [6.45, 7) is -0.342. The minimum atomic E-state index is -4.20. The summed E-state index contributed by atoms with van der Waals surface area (Å²) in [4.78, 5) is 9.96. The van der Waals surface area contributed by atoms with Crippen LogP contribution in [0.5, 0.6) is 0 Å². The molecule has 0 aliphatic carbocycles. The molecule has 0 bridgehead atoms. The van der Waals surface area contributed by atoms with Crippen LogP contribution in [0.3, 0.4) is 0 Å². The summed E-state index contributed by atoms with van der Waals surface area (Å²) in [5.74, 6) is -0.973. The zero-order valence-corrected chi connectivity index (χ0v) is 6.93. The molecule has 0 atom stereocenters. The highest BCUT2D eigenvalue weighted by Crippen LogP contribution is 2.18. The molecule has 0 amide bonds. The minimum Gasteiger partial charge on any atom is -0.481 e. The zero-order valence-electron chi connectivity index (χ0n) is 6.93. The van der Waals surface area contributed by atoms with Gasteiger partial charge in [0.15, 0.2) is 0 Å². The van der Waals surface area contributed by atoms with E-state index in [2.05, 4.69) is 4.74 Å². The van der Waals surface area contributed by atoms with E-state index in [4.69, 9.17) is 5.11 Å². The molecule has 6 heteroatoms. The summed E-state index contributed by atoms with van der Waals surface area (Å²) in [7, 11) is 0. The van der Waals surface area contributed by atoms with E-state index < -0.39 is 25.2 Å². The maximum atomic E-state index is 11.5. The number of hydrogen-bond donors (Lipinski definition) is 1. The first-order chi connectivity index (χ1) is 5.92. The lowest BCUT2D eigenvalue weighted by Gasteiger charge is -2.06. The zero-order chi connectivity index (χ0) is 10.3. The Morgan fingerprint density at radius 2 is 1.92 bits per heavy atom. The summed E-state index contributed by atoms with van der Waals surface area (Å²) in [5, 5.41) is 8.16. The van der Waals surface area contributed by atoms with Gasteiger partial charge in [0.1, 0.15) is 0 Å². The molecule has 0 heterocycles. The molecule has 1 N–H and O–H groups in total. The van der Waals surface area contributed by atoms with Crippen molar-refractivity contribution in [3.05, 3.63) is 0 Å². The van der Waals surface area contributed by atoms with Gasteiger partial charge in [-0.25, -0.2) is 0 Å². The summed E-state index contributed by atoms with van der Waals surface area (Å²) < 4.78 is 39.1. The van der Waals surface area contributed by atoms with Crippen molar-refractivity contribution in [2.45, 2.75) is 25.4 Å². The van der Waals surface area contributed by atoms with Gasteiger partial charge in [-0.05, 0) is 6.42 Å². The summed E-state index contributed by atoms with van der Waals surface area (Å²) in [5.41, 5.74) is 0. The van der Waals surface area contributed by atoms with Crippen LogP contribution in [0.2, 0.25) is 0 Å². The highest BCUT2D eigenvalue weighted by molar-refractivity contribution is 5.66. The van der Waals surface area contributed by atoms with Crippen molar-refractivity contribution in [3.63, 3.8) is 0 Å². The highest BCUT2D eigenvalue weighted by atomic mass is 19.4. The Morgan fingerprint density at radius 3 is 2.38 bits per heavy atom. The Balaban J connectivity index is 3.13. The van der Waals surface area contributed by atoms with Crippen LogP contribution < -0.4 is 0 Å². The Labute approximate surface area is 73.5 Å². The van der Waals surface area contributed by atoms with Crippen molar-refractivity contribution < 1.29 is 27.8 Å². The van der Waals surface area contributed by atoms with Crippen LogP contribution in [-0.2, 0) is 9.53 Å². The molecule has 0 aromatic carbocycles. The van der Waals surface area contributed by atoms with E-state index >= 15 is 0 Å². The monoisotopic (exact) mass is 200 g/mol. The van der Waals surface area contributed by atoms with Crippen LogP contribution in [0.4, 0.5) is 13.2 Å². The average molecular weight is 200 g/mol. The number of hydrogen-bond acceptors (Lipinski definition) is 2. The highest BCUT2D eigenvalue weighted by Gasteiger charge is 2.26. The predicted octanol–water partition coefficient (Wildman–Crippen LogP) is 1.82. The third-order valence-corrected chi connectivity index (χ3v) is 1.21. The SMILES string of the molecule is O=C(O)CCCOCCC(F)(F)F. The van der Waals surface area contributed by atoms with E-state index in [1.165, 1.54) is 0 Å². The molecule has 0 saturated carbocycles. The molecular weight excluding hydrogens is 189 g/mol. The van der Waals surface area contributed by atoms with E-state index in [1.807, 2.05) is 0 Å². The van der Waals surface area contributed by atoms with Crippen LogP contribution in [0, 0.1) is 0 Å². The van der Waals surface area contributed by atoms with Crippen LogP contribution in [-0.4, -0.2) is 30.5 Å². The molecule has 0 aliphatic heterocycles. The van der Waals surface area contributed by atoms with Crippen molar-refractivity contribution in [2.24, 2.45) is 0 Å². The number of rotatable bonds is 6. The molecule has 0 unspecified atom stereocenters. The first kappa shape index (κ1) is 12.2. The fraction of sp³-hybridized carbons (Fsp3) is 0.857. The quantitative estimate of drug-likeness (QED) is 0.665. The van der Waals surface area contributed by atoms with Crippen molar-refractivity contribution in [1.82, 2.24) is 0 Å². The molecule has 0 rings (SSSR count). The van der Waals surface area contributed by atoms with Crippen molar-refractivity contribution >= 4 is 5.97 Å². The second-order valence-corrected chi connectivity index (χ2v) is 2.47. The van der Waals surface area contributed by atoms with Crippen molar-refractivity contribution in [1.29, 1.82) is 0 Å². The van der Waals surface area contributed by atoms with Crippen molar-refractivity contribution in [2.75, 3.05) is 13.2 Å². The van der Waals surface area contributed by atoms with Crippen molar-refractivity contribution in [3.8, 4) is 0 Å². The Bertz CT molecular complexity index is 156. The number of aliphatic carboxylic acids is 1. The first-order valence-corrected chi connectivity index (χ1v) is 3.78. The number of carbonyl (C=O) groups is 1. The van der Waals surface area contributed by atoms with Gasteiger partial charge in [-0.1, -0.05) is 0 Å². The number of alkyl halides is 3. The molecule has 3 nitrogen and oxygen atoms in total. The Hall–Kier alpha value is -0.780. The maximum absolute atomic E-state index is 11.5. The van der Waals surface area contributed by atoms with E-state index in [1.54, 1.807) is 0 Å². The minimum absolute atomic E-state index is 0.0579. The van der Waals surface area contributed by atoms with Gasteiger partial charge in [0.2, 0.25) is 0 Å². The summed E-state index contributed by atoms with van der Waals surface area (Å²) in [6.07, 6.45) is -5.02. The predicted molar refractivity (Wildman–Crippen MR) is 38.4 cm³/mol. The topological polar surface area (TPSA) is 46.5 Å². The molecular formula is C7H11F3O3. The summed E-state index contributed by atoms with van der Waals surface area (Å²) in [6, 6.07) is 0. The maximum Gasteiger partial charge on any atom is 0.391 e. The molecule has 0 saturated heterocycles. The second kappa shape index (κ2) is 5.80. The number of carboxylic acids is 1. The molecule has 0 spiro atoms. The largest absolute Gasteiger partial charge is 0.481 e. The Morgan fingerprint density at radius 1 is 1.31 bits per heavy atom. The molecule has 0 radical (unpaired) electrons. The van der Waals surface area contributed by atoms with Gasteiger partial charge in [-0.2, -0.15) is 13.2 Å². The van der Waals surface area contributed by atoms with Gasteiger partial charge >= 0.3 is 12.1 Å². The van der Waals surface area contributed by atoms with Crippen LogP contribution >= 0.6 is 0 Å². The van der Waals surface area contributed by atoms with Gasteiger partial charge < -0.3 is 9.84 Å². The number of halogens is 3. The fourth-order valence-corrected chi connectivity index (χ4v) is 0.615. The lowest BCUT2D eigenvalue weighted by atomic mass is 10.3. The lowest BCUT2D eigenvalue weighted by Crippen LogP contribution is -2.12. The first-order valence-electron chi connectivity index (χ1n) is 3.78. The molecule has 78 valence electrons. The van der Waals surface area contributed by atoms with E-state index in [0.29, 0.717) is 0 Å². The Kier molecular flexibility index (Phi) is 5.45. The van der Waals surface area contributed by atoms with E-state index in [9.17, 15) is 18.0 Å². The van der Waals surface area contributed by atoms with E-state index in [0.717, 1.165) is 0 Å². The van der Waals surface area contributed by atoms with Crippen LogP contribution in [0.25, 0.3) is 0 Å². The molecule has 0 aromatic rings. The van der Waals surface area contributed by atoms with E-state index in [-0.39, 0.29) is 19.4 Å². The third kappa shape index (κ3) is 11.2. The lowest BCUT2D eigenvalue weighted by molar-refractivity contribution is -0.146. The van der Waals surface area contributed by atoms with Crippen LogP contribution in [0.1, 0.15) is 19.3 Å². The van der Waals surface area contributed by atoms with Gasteiger partial charge in [0.25, 0.3) is 0 Å². The van der Waals surface area contributed by atoms with Crippen LogP contribution in [0.15, 0.2) is 0 Å². The molecule has 0 aliphatic rings. The smallest absolute Gasteiger partial charge is 0.391 e. The fourth-order valence-electron chi connectivity index (χ4n) is 0.615. The summed E-state index contributed by atoms with van der Waals surface area (Å²) >= 11 is 0. The second-order valence-electron chi connectivity index (χ2n) is 2.47. The molecule has 13 heavy (non-hydrogen) atoms. The molecule has 0 fully saturated rings. The normalized spacial score (nSPS) is 11.6. The van der Waals surface area contributed by atoms with Gasteiger partial charge in [0, 0.05) is 13.0 Å².